The molecule has 3 aromatic heterocycles. The fourth-order valence-electron chi connectivity index (χ4n) is 8.24. The van der Waals surface area contributed by atoms with E-state index < -0.39 is 5.97 Å². The normalized spacial score (nSPS) is 12.1. The molecular weight excluding hydrogens is 713 g/mol. The molecule has 0 atom stereocenters. The van der Waals surface area contributed by atoms with E-state index in [-0.39, 0.29) is 6.42 Å². The Morgan fingerprint density at radius 3 is 1.22 bits per heavy atom. The van der Waals surface area contributed by atoms with Gasteiger partial charge in [0.05, 0.1) is 22.8 Å². The summed E-state index contributed by atoms with van der Waals surface area (Å²) in [5.74, 6) is -0.697. The molecule has 0 amide bonds. The number of carboxylic acid groups (broad SMARTS) is 1. The van der Waals surface area contributed by atoms with Gasteiger partial charge in [-0.15, -0.1) is 0 Å². The molecule has 2 aliphatic heterocycles. The predicted octanol–water partition coefficient (Wildman–Crippen LogP) is 13.7. The molecule has 0 radical (unpaired) electrons. The highest BCUT2D eigenvalue weighted by Gasteiger charge is 2.18. The van der Waals surface area contributed by atoms with Gasteiger partial charge in [-0.05, 0) is 105 Å². The third-order valence-electron chi connectivity index (χ3n) is 11.5. The third-order valence-corrected chi connectivity index (χ3v) is 11.5. The molecule has 58 heavy (non-hydrogen) atoms. The molecule has 0 unspecified atom stereocenters. The van der Waals surface area contributed by atoms with Crippen LogP contribution in [0, 0.1) is 20.8 Å². The second-order valence-electron chi connectivity index (χ2n) is 15.9. The number of hydrogen-bond donors (Lipinski definition) is 3. The minimum atomic E-state index is -0.697. The van der Waals surface area contributed by atoms with Gasteiger partial charge in [0.15, 0.2) is 0 Å². The molecule has 6 nitrogen and oxygen atoms in total. The molecule has 3 aromatic carbocycles. The quantitative estimate of drug-likeness (QED) is 0.0961. The van der Waals surface area contributed by atoms with E-state index in [9.17, 15) is 4.79 Å². The summed E-state index contributed by atoms with van der Waals surface area (Å²) in [6.07, 6.45) is 18.4. The summed E-state index contributed by atoms with van der Waals surface area (Å²) in [6, 6.07) is 35.0. The van der Waals surface area contributed by atoms with Crippen molar-refractivity contribution in [3.05, 3.63) is 142 Å². The van der Waals surface area contributed by atoms with E-state index in [1.807, 2.05) is 0 Å². The Labute approximate surface area is 341 Å². The Bertz CT molecular complexity index is 2620. The Balaban J connectivity index is 1.31. The average Bonchev–Trinajstić information content (AvgIpc) is 4.06. The van der Waals surface area contributed by atoms with E-state index >= 15 is 0 Å². The summed E-state index contributed by atoms with van der Waals surface area (Å²) in [5, 5.41) is 8.94. The average molecular weight is 765 g/mol. The maximum atomic E-state index is 10.9. The van der Waals surface area contributed by atoms with Crippen molar-refractivity contribution in [1.29, 1.82) is 0 Å². The van der Waals surface area contributed by atoms with Gasteiger partial charge in [0.2, 0.25) is 0 Å². The van der Waals surface area contributed by atoms with Crippen molar-refractivity contribution in [2.75, 3.05) is 0 Å². The number of nitrogens with zero attached hydrogens (tertiary/aromatic N) is 2. The lowest BCUT2D eigenvalue weighted by molar-refractivity contribution is -0.137. The standard InChI is InChI=1S/C52H52N4O2/c1-34-14-20-37(21-15-34)50-43-28-26-41(53-43)40(12-10-8-6-4-5-7-9-11-13-49(57)58)42-27-29-44(54-42)51(38-22-16-35(2)17-23-38)46-31-33-48(56-46)52(47-32-30-45(50)55-47)39-24-18-36(3)19-25-39/h14-33,53,56H,4-13H2,1-3H3,(H,57,58). The summed E-state index contributed by atoms with van der Waals surface area (Å²) in [7, 11) is 0. The summed E-state index contributed by atoms with van der Waals surface area (Å²) in [6.45, 7) is 6.37. The number of aryl methyl sites for hydroxylation is 4. The molecule has 0 aliphatic carbocycles. The van der Waals surface area contributed by atoms with Crippen LogP contribution in [-0.2, 0) is 11.2 Å². The van der Waals surface area contributed by atoms with E-state index in [2.05, 4.69) is 152 Å². The number of aromatic nitrogens is 4. The van der Waals surface area contributed by atoms with E-state index in [0.717, 1.165) is 123 Å². The molecule has 8 bridgehead atoms. The lowest BCUT2D eigenvalue weighted by Gasteiger charge is -2.07. The van der Waals surface area contributed by atoms with Gasteiger partial charge in [-0.3, -0.25) is 4.79 Å². The Morgan fingerprint density at radius 1 is 0.448 bits per heavy atom. The second kappa shape index (κ2) is 17.5. The number of hydrogen-bond acceptors (Lipinski definition) is 3. The molecule has 6 heteroatoms. The fraction of sp³-hybridized carbons (Fsp3) is 0.250. The number of nitrogens with one attached hydrogen (secondary N) is 2. The molecule has 0 saturated carbocycles. The van der Waals surface area contributed by atoms with Crippen molar-refractivity contribution >= 4 is 52.3 Å². The molecular formula is C52H52N4O2. The number of benzene rings is 3. The first-order valence-corrected chi connectivity index (χ1v) is 20.9. The van der Waals surface area contributed by atoms with E-state index in [0.29, 0.717) is 0 Å². The Morgan fingerprint density at radius 2 is 0.793 bits per heavy atom. The number of fused-ring (bicyclic) bond motifs is 8. The van der Waals surface area contributed by atoms with Crippen molar-refractivity contribution in [2.24, 2.45) is 0 Å². The molecule has 8 rings (SSSR count). The highest BCUT2D eigenvalue weighted by molar-refractivity contribution is 5.97. The number of unbranched alkanes of at least 4 members (excludes halogenated alkanes) is 7. The SMILES string of the molecule is Cc1ccc(-c2c3nc(c(-c4ccc(C)cc4)c4ccc([nH]4)c(-c4ccc(C)cc4)c4nc(c(CCCCCCCCCCC(=O)O)c5ccc2[nH]5)C=C4)C=C3)cc1. The zero-order valence-corrected chi connectivity index (χ0v) is 33.9. The molecule has 5 heterocycles. The van der Waals surface area contributed by atoms with Gasteiger partial charge in [0.1, 0.15) is 0 Å². The summed E-state index contributed by atoms with van der Waals surface area (Å²) in [4.78, 5) is 29.5. The number of H-pyrrole nitrogens is 2. The molecule has 292 valence electrons. The van der Waals surface area contributed by atoms with Gasteiger partial charge in [-0.2, -0.15) is 0 Å². The van der Waals surface area contributed by atoms with Crippen molar-refractivity contribution in [3.63, 3.8) is 0 Å². The summed E-state index contributed by atoms with van der Waals surface area (Å²) >= 11 is 0. The highest BCUT2D eigenvalue weighted by atomic mass is 16.4. The van der Waals surface area contributed by atoms with Crippen LogP contribution in [0.2, 0.25) is 0 Å². The maximum Gasteiger partial charge on any atom is 0.303 e. The van der Waals surface area contributed by atoms with Crippen molar-refractivity contribution in [1.82, 2.24) is 19.9 Å². The van der Waals surface area contributed by atoms with Crippen molar-refractivity contribution in [2.45, 2.75) is 85.0 Å². The third kappa shape index (κ3) is 8.67. The topological polar surface area (TPSA) is 94.7 Å². The number of aromatic amines is 2. The smallest absolute Gasteiger partial charge is 0.303 e. The summed E-state index contributed by atoms with van der Waals surface area (Å²) < 4.78 is 0. The van der Waals surface area contributed by atoms with E-state index in [4.69, 9.17) is 15.1 Å². The monoisotopic (exact) mass is 764 g/mol. The highest BCUT2D eigenvalue weighted by Crippen LogP contribution is 2.37. The van der Waals surface area contributed by atoms with Gasteiger partial charge < -0.3 is 15.1 Å². The first-order chi connectivity index (χ1) is 28.3. The largest absolute Gasteiger partial charge is 0.481 e. The molecule has 0 spiro atoms. The first kappa shape index (κ1) is 38.6. The van der Waals surface area contributed by atoms with Crippen LogP contribution >= 0.6 is 0 Å². The minimum Gasteiger partial charge on any atom is -0.481 e. The van der Waals surface area contributed by atoms with Crippen LogP contribution in [0.5, 0.6) is 0 Å². The van der Waals surface area contributed by atoms with Gasteiger partial charge in [0, 0.05) is 50.7 Å². The molecule has 3 N–H and O–H groups in total. The Hall–Kier alpha value is -6.27. The fourth-order valence-corrected chi connectivity index (χ4v) is 8.24. The maximum absolute atomic E-state index is 10.9. The van der Waals surface area contributed by atoms with Crippen LogP contribution in [0.25, 0.3) is 79.8 Å². The summed E-state index contributed by atoms with van der Waals surface area (Å²) in [5.41, 5.74) is 19.2. The van der Waals surface area contributed by atoms with Crippen molar-refractivity contribution in [3.8, 4) is 33.4 Å². The first-order valence-electron chi connectivity index (χ1n) is 20.9. The van der Waals surface area contributed by atoms with Crippen LogP contribution in [0.15, 0.2) is 97.1 Å². The number of aliphatic carboxylic acids is 1. The molecule has 0 fully saturated rings. The van der Waals surface area contributed by atoms with Crippen LogP contribution in [0.3, 0.4) is 0 Å². The lowest BCUT2D eigenvalue weighted by Crippen LogP contribution is -1.94. The van der Waals surface area contributed by atoms with Crippen LogP contribution < -0.4 is 0 Å². The minimum absolute atomic E-state index is 0.273. The zero-order chi connectivity index (χ0) is 40.0. The number of rotatable bonds is 14. The molecule has 2 aliphatic rings. The van der Waals surface area contributed by atoms with Crippen LogP contribution in [0.1, 0.15) is 103 Å². The van der Waals surface area contributed by atoms with Gasteiger partial charge in [0.25, 0.3) is 0 Å². The molecule has 6 aromatic rings. The predicted molar refractivity (Wildman–Crippen MR) is 242 cm³/mol. The van der Waals surface area contributed by atoms with Gasteiger partial charge in [-0.25, -0.2) is 9.97 Å². The lowest BCUT2D eigenvalue weighted by atomic mass is 10.0. The van der Waals surface area contributed by atoms with Crippen LogP contribution in [0.4, 0.5) is 0 Å². The van der Waals surface area contributed by atoms with Gasteiger partial charge in [-0.1, -0.05) is 128 Å². The van der Waals surface area contributed by atoms with E-state index in [1.54, 1.807) is 0 Å². The van der Waals surface area contributed by atoms with E-state index in [1.165, 1.54) is 35.1 Å². The van der Waals surface area contributed by atoms with Gasteiger partial charge >= 0.3 is 5.97 Å². The molecule has 0 saturated heterocycles. The number of carbonyl (C=O) groups is 1. The Kier molecular flexibility index (Phi) is 11.6. The number of carboxylic acids is 1. The second-order valence-corrected chi connectivity index (χ2v) is 15.9. The zero-order valence-electron chi connectivity index (χ0n) is 33.9. The van der Waals surface area contributed by atoms with Crippen LogP contribution in [-0.4, -0.2) is 31.0 Å². The van der Waals surface area contributed by atoms with Crippen molar-refractivity contribution < 1.29 is 9.90 Å².